The molecular weight excluding hydrogens is 717 g/mol. The lowest BCUT2D eigenvalue weighted by Crippen LogP contribution is -2.12. The summed E-state index contributed by atoms with van der Waals surface area (Å²) in [5.41, 5.74) is 8.12. The molecular formula is C55H36N4. The predicted molar refractivity (Wildman–Crippen MR) is 246 cm³/mol. The van der Waals surface area contributed by atoms with Crippen LogP contribution in [0.5, 0.6) is 0 Å². The number of benzene rings is 10. The predicted octanol–water partition coefficient (Wildman–Crippen LogP) is 14.6. The van der Waals surface area contributed by atoms with Crippen molar-refractivity contribution in [1.29, 1.82) is 0 Å². The SMILES string of the molecule is c1ccc(-c2ccc(N(c3ccccc3)c3ccccc3-c3nc(-c4ccc5ccccc5c4)nc(-c4ccc5c6ccccc6c6ccccc6c5c4)n3)cc2)cc1. The maximum atomic E-state index is 5.35. The average molecular weight is 753 g/mol. The smallest absolute Gasteiger partial charge is 0.166 e. The minimum absolute atomic E-state index is 0.596. The van der Waals surface area contributed by atoms with E-state index < -0.39 is 0 Å². The lowest BCUT2D eigenvalue weighted by molar-refractivity contribution is 1.07. The fraction of sp³-hybridized carbons (Fsp3) is 0. The summed E-state index contributed by atoms with van der Waals surface area (Å²) in [6.45, 7) is 0. The Kier molecular flexibility index (Phi) is 8.45. The molecule has 0 N–H and O–H groups in total. The first kappa shape index (κ1) is 34.3. The van der Waals surface area contributed by atoms with Crippen molar-refractivity contribution >= 4 is 60.2 Å². The van der Waals surface area contributed by atoms with E-state index in [2.05, 4.69) is 217 Å². The molecule has 0 spiro atoms. The fourth-order valence-corrected chi connectivity index (χ4v) is 8.43. The maximum absolute atomic E-state index is 5.35. The van der Waals surface area contributed by atoms with Gasteiger partial charge >= 0.3 is 0 Å². The van der Waals surface area contributed by atoms with E-state index in [0.717, 1.165) is 44.7 Å². The van der Waals surface area contributed by atoms with Crippen LogP contribution in [0.2, 0.25) is 0 Å². The van der Waals surface area contributed by atoms with Gasteiger partial charge in [0.15, 0.2) is 17.5 Å². The lowest BCUT2D eigenvalue weighted by Gasteiger charge is -2.27. The molecule has 1 aromatic heterocycles. The van der Waals surface area contributed by atoms with Gasteiger partial charge in [-0.25, -0.2) is 15.0 Å². The van der Waals surface area contributed by atoms with E-state index in [9.17, 15) is 0 Å². The van der Waals surface area contributed by atoms with Crippen LogP contribution in [-0.4, -0.2) is 15.0 Å². The highest BCUT2D eigenvalue weighted by Crippen LogP contribution is 2.42. The molecule has 11 aromatic rings. The molecule has 1 heterocycles. The average Bonchev–Trinajstić information content (AvgIpc) is 3.32. The van der Waals surface area contributed by atoms with Crippen LogP contribution >= 0.6 is 0 Å². The largest absolute Gasteiger partial charge is 0.310 e. The number of rotatable bonds is 7. The Bertz CT molecular complexity index is 3290. The van der Waals surface area contributed by atoms with Gasteiger partial charge in [0.2, 0.25) is 0 Å². The van der Waals surface area contributed by atoms with Crippen molar-refractivity contribution in [1.82, 2.24) is 15.0 Å². The van der Waals surface area contributed by atoms with E-state index >= 15 is 0 Å². The van der Waals surface area contributed by atoms with Crippen LogP contribution in [0, 0.1) is 0 Å². The van der Waals surface area contributed by atoms with Crippen LogP contribution in [0.3, 0.4) is 0 Å². The van der Waals surface area contributed by atoms with Gasteiger partial charge in [-0.1, -0.05) is 170 Å². The standard InChI is InChI=1S/C55H36N4/c1-3-15-37(16-4-1)39-29-32-44(33-30-39)59(43-19-5-2-6-20-43)52-26-14-13-25-50(52)55-57-53(41-28-27-38-17-7-8-18-40(38)35-41)56-54(58-55)42-31-34-49-47-23-10-9-21-45(47)46-22-11-12-24-48(46)51(49)36-42/h1-36H. The summed E-state index contributed by atoms with van der Waals surface area (Å²) < 4.78 is 0. The molecule has 0 atom stereocenters. The van der Waals surface area contributed by atoms with Gasteiger partial charge in [-0.15, -0.1) is 0 Å². The van der Waals surface area contributed by atoms with Gasteiger partial charge in [-0.2, -0.15) is 0 Å². The second-order valence-electron chi connectivity index (χ2n) is 14.8. The normalized spacial score (nSPS) is 11.4. The first-order chi connectivity index (χ1) is 29.2. The quantitative estimate of drug-likeness (QED) is 0.152. The Morgan fingerprint density at radius 1 is 0.271 bits per heavy atom. The maximum Gasteiger partial charge on any atom is 0.166 e. The minimum Gasteiger partial charge on any atom is -0.310 e. The van der Waals surface area contributed by atoms with Gasteiger partial charge < -0.3 is 4.90 Å². The summed E-state index contributed by atoms with van der Waals surface area (Å²) in [5, 5.41) is 9.58. The van der Waals surface area contributed by atoms with E-state index in [-0.39, 0.29) is 0 Å². The monoisotopic (exact) mass is 752 g/mol. The van der Waals surface area contributed by atoms with E-state index in [1.807, 2.05) is 6.07 Å². The highest BCUT2D eigenvalue weighted by molar-refractivity contribution is 6.25. The first-order valence-electron chi connectivity index (χ1n) is 19.9. The Hall–Kier alpha value is -7.95. The van der Waals surface area contributed by atoms with Gasteiger partial charge in [0.25, 0.3) is 0 Å². The summed E-state index contributed by atoms with van der Waals surface area (Å²) in [6, 6.07) is 77.0. The van der Waals surface area contributed by atoms with Crippen molar-refractivity contribution in [2.24, 2.45) is 0 Å². The molecule has 4 nitrogen and oxygen atoms in total. The highest BCUT2D eigenvalue weighted by atomic mass is 15.2. The van der Waals surface area contributed by atoms with Crippen LogP contribution in [0.4, 0.5) is 17.1 Å². The zero-order valence-electron chi connectivity index (χ0n) is 32.1. The number of fused-ring (bicyclic) bond motifs is 7. The number of nitrogens with zero attached hydrogens (tertiary/aromatic N) is 4. The fourth-order valence-electron chi connectivity index (χ4n) is 8.43. The third-order valence-electron chi connectivity index (χ3n) is 11.3. The lowest BCUT2D eigenvalue weighted by atomic mass is 9.93. The van der Waals surface area contributed by atoms with Crippen molar-refractivity contribution in [3.63, 3.8) is 0 Å². The first-order valence-corrected chi connectivity index (χ1v) is 19.9. The number of aromatic nitrogens is 3. The number of hydrogen-bond donors (Lipinski definition) is 0. The van der Waals surface area contributed by atoms with Gasteiger partial charge in [0.05, 0.1) is 5.69 Å². The van der Waals surface area contributed by atoms with Gasteiger partial charge in [0, 0.05) is 28.1 Å². The summed E-state index contributed by atoms with van der Waals surface area (Å²) in [6.07, 6.45) is 0. The van der Waals surface area contributed by atoms with Gasteiger partial charge in [-0.05, 0) is 103 Å². The molecule has 0 bridgehead atoms. The molecule has 4 heteroatoms. The molecule has 0 radical (unpaired) electrons. The minimum atomic E-state index is 0.596. The topological polar surface area (TPSA) is 41.9 Å². The van der Waals surface area contributed by atoms with Crippen LogP contribution in [0.25, 0.3) is 88.4 Å². The number of para-hydroxylation sites is 2. The molecule has 59 heavy (non-hydrogen) atoms. The summed E-state index contributed by atoms with van der Waals surface area (Å²) in [5.74, 6) is 1.83. The van der Waals surface area contributed by atoms with E-state index in [1.165, 1.54) is 43.3 Å². The van der Waals surface area contributed by atoms with E-state index in [4.69, 9.17) is 15.0 Å². The molecule has 0 amide bonds. The number of hydrogen-bond acceptors (Lipinski definition) is 4. The third-order valence-corrected chi connectivity index (χ3v) is 11.3. The van der Waals surface area contributed by atoms with Gasteiger partial charge in [0.1, 0.15) is 0 Å². The Morgan fingerprint density at radius 3 is 1.42 bits per heavy atom. The molecule has 10 aromatic carbocycles. The molecule has 0 aliphatic heterocycles. The Morgan fingerprint density at radius 2 is 0.729 bits per heavy atom. The van der Waals surface area contributed by atoms with E-state index in [0.29, 0.717) is 17.5 Å². The van der Waals surface area contributed by atoms with Crippen molar-refractivity contribution in [3.8, 4) is 45.3 Å². The zero-order valence-corrected chi connectivity index (χ0v) is 32.1. The van der Waals surface area contributed by atoms with Crippen LogP contribution < -0.4 is 4.90 Å². The van der Waals surface area contributed by atoms with Crippen molar-refractivity contribution < 1.29 is 0 Å². The molecule has 0 aliphatic rings. The van der Waals surface area contributed by atoms with Crippen molar-refractivity contribution in [3.05, 3.63) is 218 Å². The second-order valence-corrected chi connectivity index (χ2v) is 14.8. The molecule has 0 saturated heterocycles. The van der Waals surface area contributed by atoms with Crippen molar-refractivity contribution in [2.45, 2.75) is 0 Å². The van der Waals surface area contributed by atoms with E-state index in [1.54, 1.807) is 0 Å². The summed E-state index contributed by atoms with van der Waals surface area (Å²) >= 11 is 0. The third kappa shape index (κ3) is 6.24. The summed E-state index contributed by atoms with van der Waals surface area (Å²) in [7, 11) is 0. The van der Waals surface area contributed by atoms with Crippen molar-refractivity contribution in [2.75, 3.05) is 4.90 Å². The second kappa shape index (κ2) is 14.5. The summed E-state index contributed by atoms with van der Waals surface area (Å²) in [4.78, 5) is 18.2. The molecule has 0 aliphatic carbocycles. The van der Waals surface area contributed by atoms with Crippen LogP contribution in [0.15, 0.2) is 218 Å². The van der Waals surface area contributed by atoms with Crippen LogP contribution in [-0.2, 0) is 0 Å². The molecule has 0 fully saturated rings. The molecule has 11 rings (SSSR count). The Labute approximate surface area is 342 Å². The van der Waals surface area contributed by atoms with Crippen LogP contribution in [0.1, 0.15) is 0 Å². The van der Waals surface area contributed by atoms with Gasteiger partial charge in [-0.3, -0.25) is 0 Å². The molecule has 276 valence electrons. The Balaban J connectivity index is 1.12. The zero-order chi connectivity index (χ0) is 39.1. The highest BCUT2D eigenvalue weighted by Gasteiger charge is 2.21. The molecule has 0 saturated carbocycles. The molecule has 0 unspecified atom stereocenters. The number of anilines is 3.